The Labute approximate surface area is 231 Å². The zero-order chi connectivity index (χ0) is 29.0. The van der Waals surface area contributed by atoms with Crippen molar-refractivity contribution in [3.63, 3.8) is 0 Å². The number of alkyl halides is 2. The van der Waals surface area contributed by atoms with E-state index in [1.807, 2.05) is 0 Å². The molecule has 0 aliphatic heterocycles. The molecule has 1 heterocycles. The predicted octanol–water partition coefficient (Wildman–Crippen LogP) is 5.24. The van der Waals surface area contributed by atoms with E-state index in [4.69, 9.17) is 11.6 Å². The summed E-state index contributed by atoms with van der Waals surface area (Å²) in [4.78, 5) is 16.3. The summed E-state index contributed by atoms with van der Waals surface area (Å²) in [5, 5.41) is 23.5. The normalized spacial score (nSPS) is 24.9. The van der Waals surface area contributed by atoms with E-state index in [1.54, 1.807) is 0 Å². The van der Waals surface area contributed by atoms with Crippen LogP contribution < -0.4 is 5.32 Å². The predicted molar refractivity (Wildman–Crippen MR) is 137 cm³/mol. The minimum atomic E-state index is -4.15. The van der Waals surface area contributed by atoms with Crippen LogP contribution in [0.3, 0.4) is 0 Å². The van der Waals surface area contributed by atoms with Gasteiger partial charge in [-0.05, 0) is 73.6 Å². The van der Waals surface area contributed by atoms with Crippen molar-refractivity contribution >= 4 is 33.0 Å². The van der Waals surface area contributed by atoms with Crippen molar-refractivity contribution in [1.29, 1.82) is 0 Å². The molecule has 1 amide bonds. The number of benzene rings is 2. The molecule has 6 rings (SSSR count). The molecule has 1 aromatic heterocycles. The number of carbonyl (C=O) groups is 1. The molecule has 212 valence electrons. The smallest absolute Gasteiger partial charge is 0.265 e. The quantitative estimate of drug-likeness (QED) is 0.320. The lowest BCUT2D eigenvalue weighted by atomic mass is 9.51. The molecule has 3 saturated carbocycles. The number of nitrogens with zero attached hydrogens (tertiary/aromatic N) is 1. The summed E-state index contributed by atoms with van der Waals surface area (Å²) >= 11 is 6.21. The molecule has 3 aromatic rings. The molecule has 3 atom stereocenters. The van der Waals surface area contributed by atoms with E-state index < -0.39 is 68.2 Å². The molecular weight excluding hydrogens is 576 g/mol. The molecule has 3 aliphatic carbocycles. The van der Waals surface area contributed by atoms with Gasteiger partial charge in [-0.2, -0.15) is 0 Å². The first-order valence-electron chi connectivity index (χ1n) is 12.3. The Balaban J connectivity index is 1.36. The van der Waals surface area contributed by atoms with Crippen LogP contribution in [-0.4, -0.2) is 40.4 Å². The molecule has 2 bridgehead atoms. The maximum atomic E-state index is 13.6. The van der Waals surface area contributed by atoms with Gasteiger partial charge in [0.2, 0.25) is 0 Å². The van der Waals surface area contributed by atoms with E-state index >= 15 is 0 Å². The molecule has 2 aromatic carbocycles. The number of hydrogen-bond acceptors (Lipinski definition) is 6. The number of rotatable bonds is 7. The Bertz CT molecular complexity index is 1580. The zero-order valence-corrected chi connectivity index (χ0v) is 22.1. The zero-order valence-electron chi connectivity index (χ0n) is 20.6. The molecular formula is C27H23ClF4N2O5S. The SMILES string of the molecule is O=C(Nc1ccc(F)c(F)c1)c1ccc(Cl)c(S(=O)(=O)C2CC3CC(C2)C3(O)C(O)c2ncccc2C(F)F)c1. The Morgan fingerprint density at radius 2 is 1.75 bits per heavy atom. The fourth-order valence-electron chi connectivity index (χ4n) is 5.78. The lowest BCUT2D eigenvalue weighted by molar-refractivity contribution is -0.235. The standard InChI is InChI=1S/C27H23ClF4N2O5S/c28-19-5-3-13(26(36)34-16-4-6-20(29)21(30)12-16)8-22(19)40(38,39)17-10-14-9-15(11-17)27(14,37)24(35)23-18(25(31)32)2-1-7-33-23/h1-8,12,14-15,17,24-25,35,37H,9-11H2,(H,34,36). The summed E-state index contributed by atoms with van der Waals surface area (Å²) in [6.45, 7) is 0. The number of aromatic nitrogens is 1. The summed E-state index contributed by atoms with van der Waals surface area (Å²) in [6.07, 6.45) is -3.20. The summed E-state index contributed by atoms with van der Waals surface area (Å²) in [5.74, 6) is -4.49. The number of halogens is 5. The summed E-state index contributed by atoms with van der Waals surface area (Å²) in [5.41, 5.74) is -2.84. The highest BCUT2D eigenvalue weighted by Gasteiger charge is 2.64. The third kappa shape index (κ3) is 4.76. The minimum absolute atomic E-state index is 0.0450. The van der Waals surface area contributed by atoms with Crippen LogP contribution in [0.15, 0.2) is 59.6 Å². The first-order valence-corrected chi connectivity index (χ1v) is 14.2. The summed E-state index contributed by atoms with van der Waals surface area (Å²) < 4.78 is 80.9. The first kappa shape index (κ1) is 28.5. The number of aliphatic hydroxyl groups is 2. The largest absolute Gasteiger partial charge is 0.386 e. The van der Waals surface area contributed by atoms with Crippen LogP contribution in [0, 0.1) is 23.5 Å². The Morgan fingerprint density at radius 3 is 2.40 bits per heavy atom. The first-order chi connectivity index (χ1) is 18.8. The highest BCUT2D eigenvalue weighted by atomic mass is 35.5. The Morgan fingerprint density at radius 1 is 1.05 bits per heavy atom. The van der Waals surface area contributed by atoms with Gasteiger partial charge in [-0.25, -0.2) is 26.0 Å². The fourth-order valence-corrected chi connectivity index (χ4v) is 8.18. The van der Waals surface area contributed by atoms with Crippen LogP contribution in [0.4, 0.5) is 23.2 Å². The van der Waals surface area contributed by atoms with Gasteiger partial charge in [-0.15, -0.1) is 0 Å². The van der Waals surface area contributed by atoms with Crippen molar-refractivity contribution in [2.45, 2.75) is 47.5 Å². The van der Waals surface area contributed by atoms with E-state index in [9.17, 15) is 41.0 Å². The fraction of sp³-hybridized carbons (Fsp3) is 0.333. The number of aliphatic hydroxyl groups excluding tert-OH is 1. The van der Waals surface area contributed by atoms with Gasteiger partial charge in [0.15, 0.2) is 21.5 Å². The molecule has 3 aliphatic rings. The molecule has 3 fully saturated rings. The van der Waals surface area contributed by atoms with Gasteiger partial charge < -0.3 is 15.5 Å². The number of hydrogen-bond donors (Lipinski definition) is 3. The Kier molecular flexibility index (Phi) is 7.40. The molecule has 0 spiro atoms. The van der Waals surface area contributed by atoms with E-state index in [0.717, 1.165) is 30.3 Å². The van der Waals surface area contributed by atoms with Gasteiger partial charge >= 0.3 is 0 Å². The van der Waals surface area contributed by atoms with Crippen LogP contribution >= 0.6 is 11.6 Å². The number of carbonyl (C=O) groups excluding carboxylic acids is 1. The third-order valence-electron chi connectivity index (χ3n) is 7.89. The molecule has 13 heteroatoms. The van der Waals surface area contributed by atoms with E-state index in [1.165, 1.54) is 24.4 Å². The summed E-state index contributed by atoms with van der Waals surface area (Å²) in [7, 11) is -4.15. The van der Waals surface area contributed by atoms with Gasteiger partial charge in [-0.1, -0.05) is 11.6 Å². The second-order valence-electron chi connectivity index (χ2n) is 10.1. The van der Waals surface area contributed by atoms with Crippen molar-refractivity contribution in [2.75, 3.05) is 5.32 Å². The van der Waals surface area contributed by atoms with E-state index in [-0.39, 0.29) is 39.7 Å². The van der Waals surface area contributed by atoms with Crippen molar-refractivity contribution in [3.8, 4) is 0 Å². The monoisotopic (exact) mass is 598 g/mol. The highest BCUT2D eigenvalue weighted by Crippen LogP contribution is 2.60. The second-order valence-corrected chi connectivity index (χ2v) is 12.7. The topological polar surface area (TPSA) is 117 Å². The lowest BCUT2D eigenvalue weighted by Crippen LogP contribution is -2.64. The number of fused-ring (bicyclic) bond motifs is 2. The molecule has 0 radical (unpaired) electrons. The van der Waals surface area contributed by atoms with Crippen LogP contribution in [-0.2, 0) is 9.84 Å². The van der Waals surface area contributed by atoms with Crippen molar-refractivity contribution in [3.05, 3.63) is 88.2 Å². The molecule has 3 unspecified atom stereocenters. The molecule has 40 heavy (non-hydrogen) atoms. The highest BCUT2D eigenvalue weighted by molar-refractivity contribution is 7.92. The van der Waals surface area contributed by atoms with Gasteiger partial charge in [0.05, 0.1) is 20.9 Å². The minimum Gasteiger partial charge on any atom is -0.386 e. The van der Waals surface area contributed by atoms with Crippen molar-refractivity contribution in [2.24, 2.45) is 11.8 Å². The van der Waals surface area contributed by atoms with Crippen molar-refractivity contribution < 1.29 is 41.0 Å². The van der Waals surface area contributed by atoms with Crippen LogP contribution in [0.2, 0.25) is 5.02 Å². The van der Waals surface area contributed by atoms with E-state index in [0.29, 0.717) is 6.42 Å². The number of nitrogens with one attached hydrogen (secondary N) is 1. The van der Waals surface area contributed by atoms with Crippen LogP contribution in [0.25, 0.3) is 0 Å². The average Bonchev–Trinajstić information content (AvgIpc) is 2.94. The van der Waals surface area contributed by atoms with Crippen LogP contribution in [0.5, 0.6) is 0 Å². The maximum Gasteiger partial charge on any atom is 0.265 e. The number of pyridine rings is 1. The number of amides is 1. The van der Waals surface area contributed by atoms with Gasteiger partial charge in [0.1, 0.15) is 11.7 Å². The number of anilines is 1. The maximum absolute atomic E-state index is 13.6. The van der Waals surface area contributed by atoms with E-state index in [2.05, 4.69) is 10.3 Å². The van der Waals surface area contributed by atoms with Gasteiger partial charge in [-0.3, -0.25) is 9.78 Å². The molecule has 3 N–H and O–H groups in total. The summed E-state index contributed by atoms with van der Waals surface area (Å²) in [6, 6.07) is 8.74. The second kappa shape index (κ2) is 10.4. The third-order valence-corrected chi connectivity index (χ3v) is 10.5. The van der Waals surface area contributed by atoms with Crippen molar-refractivity contribution in [1.82, 2.24) is 4.98 Å². The van der Waals surface area contributed by atoms with Gasteiger partial charge in [0.25, 0.3) is 12.3 Å². The number of sulfone groups is 1. The molecule has 0 saturated heterocycles. The van der Waals surface area contributed by atoms with Crippen LogP contribution in [0.1, 0.15) is 53.4 Å². The van der Waals surface area contributed by atoms with Gasteiger partial charge in [0, 0.05) is 29.1 Å². The Hall–Kier alpha value is -3.06. The average molecular weight is 599 g/mol. The molecule has 7 nitrogen and oxygen atoms in total. The lowest BCUT2D eigenvalue weighted by Gasteiger charge is -2.59.